The van der Waals surface area contributed by atoms with E-state index in [1.807, 2.05) is 19.9 Å². The Balaban J connectivity index is 1.53. The van der Waals surface area contributed by atoms with Crippen molar-refractivity contribution in [2.24, 2.45) is 0 Å². The molecule has 0 radical (unpaired) electrons. The summed E-state index contributed by atoms with van der Waals surface area (Å²) in [6, 6.07) is 20.2. The standard InChI is InChI=1S/C24H23N5O3S/c1-17-7-13-21(14-8-17)33(31,32)28(3)20-11-9-19(10-12-20)24(30)26-23-16-18(2)27-29(23)22-6-4-5-15-25-22/h4-16H,1-3H3,(H,26,30). The molecule has 2 aromatic heterocycles. The fourth-order valence-electron chi connectivity index (χ4n) is 3.26. The molecule has 0 spiro atoms. The highest BCUT2D eigenvalue weighted by Gasteiger charge is 2.21. The van der Waals surface area contributed by atoms with Crippen LogP contribution >= 0.6 is 0 Å². The first-order chi connectivity index (χ1) is 15.8. The molecule has 0 unspecified atom stereocenters. The smallest absolute Gasteiger partial charge is 0.264 e. The molecule has 0 saturated carbocycles. The van der Waals surface area contributed by atoms with Crippen molar-refractivity contribution in [1.29, 1.82) is 0 Å². The van der Waals surface area contributed by atoms with E-state index in [1.165, 1.54) is 11.4 Å². The lowest BCUT2D eigenvalue weighted by molar-refractivity contribution is 0.102. The van der Waals surface area contributed by atoms with Gasteiger partial charge in [-0.15, -0.1) is 0 Å². The van der Waals surface area contributed by atoms with Crippen molar-refractivity contribution in [2.75, 3.05) is 16.7 Å². The van der Waals surface area contributed by atoms with Crippen molar-refractivity contribution in [2.45, 2.75) is 18.7 Å². The van der Waals surface area contributed by atoms with Crippen LogP contribution in [0, 0.1) is 13.8 Å². The lowest BCUT2D eigenvalue weighted by Crippen LogP contribution is -2.26. The highest BCUT2D eigenvalue weighted by Crippen LogP contribution is 2.23. The number of nitrogens with one attached hydrogen (secondary N) is 1. The van der Waals surface area contributed by atoms with E-state index in [9.17, 15) is 13.2 Å². The number of hydrogen-bond acceptors (Lipinski definition) is 5. The fourth-order valence-corrected chi connectivity index (χ4v) is 4.46. The fraction of sp³-hybridized carbons (Fsp3) is 0.125. The Kier molecular flexibility index (Phi) is 5.97. The molecular weight excluding hydrogens is 438 g/mol. The summed E-state index contributed by atoms with van der Waals surface area (Å²) in [5, 5.41) is 7.24. The summed E-state index contributed by atoms with van der Waals surface area (Å²) >= 11 is 0. The van der Waals surface area contributed by atoms with Crippen molar-refractivity contribution in [3.63, 3.8) is 0 Å². The zero-order valence-corrected chi connectivity index (χ0v) is 19.2. The summed E-state index contributed by atoms with van der Waals surface area (Å²) in [6.07, 6.45) is 1.65. The second kappa shape index (κ2) is 8.87. The number of nitrogens with zero attached hydrogens (tertiary/aromatic N) is 4. The second-order valence-electron chi connectivity index (χ2n) is 7.56. The Hall–Kier alpha value is -3.98. The highest BCUT2D eigenvalue weighted by atomic mass is 32.2. The minimum absolute atomic E-state index is 0.204. The summed E-state index contributed by atoms with van der Waals surface area (Å²) in [6.45, 7) is 3.72. The molecule has 0 aliphatic carbocycles. The third-order valence-corrected chi connectivity index (χ3v) is 6.91. The normalized spacial score (nSPS) is 11.2. The van der Waals surface area contributed by atoms with Crippen LogP contribution in [0.25, 0.3) is 5.82 Å². The van der Waals surface area contributed by atoms with Gasteiger partial charge in [-0.3, -0.25) is 9.10 Å². The van der Waals surface area contributed by atoms with Crippen LogP contribution in [-0.2, 0) is 10.0 Å². The Morgan fingerprint density at radius 3 is 2.30 bits per heavy atom. The predicted molar refractivity (Wildman–Crippen MR) is 127 cm³/mol. The molecule has 33 heavy (non-hydrogen) atoms. The molecule has 2 aromatic carbocycles. The van der Waals surface area contributed by atoms with E-state index in [-0.39, 0.29) is 10.8 Å². The molecule has 4 rings (SSSR count). The number of pyridine rings is 1. The van der Waals surface area contributed by atoms with E-state index >= 15 is 0 Å². The van der Waals surface area contributed by atoms with Crippen LogP contribution in [0.15, 0.2) is 83.9 Å². The summed E-state index contributed by atoms with van der Waals surface area (Å²) in [7, 11) is -2.23. The Morgan fingerprint density at radius 1 is 0.970 bits per heavy atom. The SMILES string of the molecule is Cc1ccc(S(=O)(=O)N(C)c2ccc(C(=O)Nc3cc(C)nn3-c3ccccn3)cc2)cc1. The van der Waals surface area contributed by atoms with E-state index < -0.39 is 10.0 Å². The number of aromatic nitrogens is 3. The van der Waals surface area contributed by atoms with Crippen molar-refractivity contribution < 1.29 is 13.2 Å². The van der Waals surface area contributed by atoms with Crippen LogP contribution in [0.3, 0.4) is 0 Å². The first kappa shape index (κ1) is 22.2. The quantitative estimate of drug-likeness (QED) is 0.469. The van der Waals surface area contributed by atoms with Crippen molar-refractivity contribution in [3.05, 3.63) is 95.8 Å². The molecule has 168 valence electrons. The van der Waals surface area contributed by atoms with E-state index in [1.54, 1.807) is 77.6 Å². The molecule has 8 nitrogen and oxygen atoms in total. The first-order valence-corrected chi connectivity index (χ1v) is 11.6. The van der Waals surface area contributed by atoms with E-state index in [0.717, 1.165) is 11.3 Å². The molecule has 0 atom stereocenters. The average molecular weight is 462 g/mol. The van der Waals surface area contributed by atoms with Gasteiger partial charge < -0.3 is 5.32 Å². The van der Waals surface area contributed by atoms with Gasteiger partial charge in [0.2, 0.25) is 0 Å². The van der Waals surface area contributed by atoms with Gasteiger partial charge in [-0.2, -0.15) is 9.78 Å². The van der Waals surface area contributed by atoms with E-state index in [2.05, 4.69) is 15.4 Å². The molecule has 0 aliphatic rings. The minimum atomic E-state index is -3.71. The van der Waals surface area contributed by atoms with Crippen LogP contribution < -0.4 is 9.62 Å². The van der Waals surface area contributed by atoms with Gasteiger partial charge in [-0.1, -0.05) is 23.8 Å². The number of aryl methyl sites for hydroxylation is 2. The van der Waals surface area contributed by atoms with Crippen LogP contribution in [0.1, 0.15) is 21.6 Å². The molecule has 4 aromatic rings. The lowest BCUT2D eigenvalue weighted by atomic mass is 10.2. The maximum Gasteiger partial charge on any atom is 0.264 e. The molecule has 9 heteroatoms. The van der Waals surface area contributed by atoms with Crippen molar-refractivity contribution in [3.8, 4) is 5.82 Å². The number of anilines is 2. The summed E-state index contributed by atoms with van der Waals surface area (Å²) in [5.41, 5.74) is 2.54. The number of rotatable bonds is 6. The maximum atomic E-state index is 12.9. The third-order valence-electron chi connectivity index (χ3n) is 5.11. The molecule has 0 aliphatic heterocycles. The van der Waals surface area contributed by atoms with Crippen LogP contribution in [0.5, 0.6) is 0 Å². The minimum Gasteiger partial charge on any atom is -0.306 e. The van der Waals surface area contributed by atoms with Gasteiger partial charge in [0.25, 0.3) is 15.9 Å². The third kappa shape index (κ3) is 4.63. The molecule has 0 bridgehead atoms. The predicted octanol–water partition coefficient (Wildman–Crippen LogP) is 3.96. The van der Waals surface area contributed by atoms with Crippen molar-refractivity contribution in [1.82, 2.24) is 14.8 Å². The van der Waals surface area contributed by atoms with E-state index in [0.29, 0.717) is 22.9 Å². The molecule has 0 saturated heterocycles. The van der Waals surface area contributed by atoms with Gasteiger partial charge in [-0.25, -0.2) is 13.4 Å². The lowest BCUT2D eigenvalue weighted by Gasteiger charge is -2.20. The van der Waals surface area contributed by atoms with Gasteiger partial charge >= 0.3 is 0 Å². The molecule has 2 heterocycles. The van der Waals surface area contributed by atoms with Gasteiger partial charge in [0.15, 0.2) is 5.82 Å². The largest absolute Gasteiger partial charge is 0.306 e. The van der Waals surface area contributed by atoms with Crippen LogP contribution in [-0.4, -0.2) is 36.1 Å². The Labute approximate surface area is 192 Å². The Bertz CT molecular complexity index is 1380. The Morgan fingerprint density at radius 2 is 1.67 bits per heavy atom. The van der Waals surface area contributed by atoms with Crippen molar-refractivity contribution >= 4 is 27.4 Å². The molecule has 0 fully saturated rings. The number of sulfonamides is 1. The van der Waals surface area contributed by atoms with E-state index in [4.69, 9.17) is 0 Å². The number of carbonyl (C=O) groups is 1. The van der Waals surface area contributed by atoms with Gasteiger partial charge in [0.05, 0.1) is 16.3 Å². The topological polar surface area (TPSA) is 97.2 Å². The van der Waals surface area contributed by atoms with Crippen LogP contribution in [0.2, 0.25) is 0 Å². The van der Waals surface area contributed by atoms with Gasteiger partial charge in [0.1, 0.15) is 5.82 Å². The molecular formula is C24H23N5O3S. The summed E-state index contributed by atoms with van der Waals surface area (Å²) < 4.78 is 28.6. The molecule has 1 N–H and O–H groups in total. The average Bonchev–Trinajstić information content (AvgIpc) is 3.19. The molecule has 1 amide bonds. The zero-order chi connectivity index (χ0) is 23.6. The number of hydrogen-bond donors (Lipinski definition) is 1. The summed E-state index contributed by atoms with van der Waals surface area (Å²) in [4.78, 5) is 17.3. The monoisotopic (exact) mass is 461 g/mol. The number of benzene rings is 2. The first-order valence-electron chi connectivity index (χ1n) is 10.2. The van der Waals surface area contributed by atoms with Gasteiger partial charge in [0, 0.05) is 24.9 Å². The second-order valence-corrected chi connectivity index (χ2v) is 9.53. The summed E-state index contributed by atoms with van der Waals surface area (Å²) in [5.74, 6) is 0.723. The highest BCUT2D eigenvalue weighted by molar-refractivity contribution is 7.92. The zero-order valence-electron chi connectivity index (χ0n) is 18.4. The number of carbonyl (C=O) groups excluding carboxylic acids is 1. The van der Waals surface area contributed by atoms with Gasteiger partial charge in [-0.05, 0) is 62.4 Å². The number of amides is 1. The maximum absolute atomic E-state index is 12.9. The van der Waals surface area contributed by atoms with Crippen LogP contribution in [0.4, 0.5) is 11.5 Å².